The van der Waals surface area contributed by atoms with Crippen LogP contribution in [0, 0.1) is 16.7 Å². The zero-order valence-corrected chi connectivity index (χ0v) is 20.2. The number of hydrogen-bond acceptors (Lipinski definition) is 6. The summed E-state index contributed by atoms with van der Waals surface area (Å²) >= 11 is 0. The summed E-state index contributed by atoms with van der Waals surface area (Å²) in [6.07, 6.45) is 1.95. The minimum absolute atomic E-state index is 0.0158. The van der Waals surface area contributed by atoms with Crippen LogP contribution in [0.4, 0.5) is 5.69 Å². The standard InChI is InChI=1S/C27H33NO6/c1-24(2,32)22-20(30)14-17-21(34-22)10-11-25(3)26(4)15(9-12-27(17,25)33)13-19(29)16-7-5-6-8-18(16)28-23(26)31/h5-8,14-15,21-22,32-33H,9-13H2,1-4H3,(H,28,31). The second-order valence-corrected chi connectivity index (χ2v) is 11.5. The number of fused-ring (bicyclic) bond motifs is 6. The molecule has 7 heteroatoms. The number of para-hydroxylation sites is 1. The molecule has 2 saturated carbocycles. The van der Waals surface area contributed by atoms with Crippen molar-refractivity contribution in [2.75, 3.05) is 5.32 Å². The molecule has 2 heterocycles. The third-order valence-corrected chi connectivity index (χ3v) is 9.34. The molecule has 0 aromatic heterocycles. The predicted octanol–water partition coefficient (Wildman–Crippen LogP) is 3.19. The van der Waals surface area contributed by atoms with Gasteiger partial charge in [0.25, 0.3) is 0 Å². The molecule has 0 spiro atoms. The van der Waals surface area contributed by atoms with Crippen LogP contribution < -0.4 is 5.32 Å². The molecule has 6 atom stereocenters. The molecule has 3 N–H and O–H groups in total. The normalized spacial score (nSPS) is 40.0. The highest BCUT2D eigenvalue weighted by Crippen LogP contribution is 2.67. The van der Waals surface area contributed by atoms with Crippen molar-refractivity contribution in [3.63, 3.8) is 0 Å². The summed E-state index contributed by atoms with van der Waals surface area (Å²) in [5.41, 5.74) is -3.27. The SMILES string of the molecule is CC(C)(O)C1OC2CCC3(C)C(O)(CCC4CC(=O)c5ccccc5NC(=O)C43C)C2=CC1=O. The molecule has 4 aliphatic rings. The van der Waals surface area contributed by atoms with Crippen molar-refractivity contribution in [1.29, 1.82) is 0 Å². The Morgan fingerprint density at radius 3 is 2.50 bits per heavy atom. The Balaban J connectivity index is 1.60. The van der Waals surface area contributed by atoms with E-state index in [2.05, 4.69) is 5.32 Å². The van der Waals surface area contributed by atoms with Gasteiger partial charge in [-0.1, -0.05) is 19.1 Å². The molecule has 2 aliphatic carbocycles. The van der Waals surface area contributed by atoms with Gasteiger partial charge < -0.3 is 20.3 Å². The predicted molar refractivity (Wildman–Crippen MR) is 125 cm³/mol. The Labute approximate surface area is 199 Å². The van der Waals surface area contributed by atoms with E-state index in [0.29, 0.717) is 42.5 Å². The van der Waals surface area contributed by atoms with Gasteiger partial charge in [0.2, 0.25) is 5.91 Å². The lowest BCUT2D eigenvalue weighted by molar-refractivity contribution is -0.215. The zero-order valence-electron chi connectivity index (χ0n) is 20.2. The van der Waals surface area contributed by atoms with Gasteiger partial charge in [0.15, 0.2) is 11.6 Å². The Morgan fingerprint density at radius 1 is 1.09 bits per heavy atom. The number of ether oxygens (including phenoxy) is 1. The molecule has 0 radical (unpaired) electrons. The van der Waals surface area contributed by atoms with Crippen LogP contribution in [0.25, 0.3) is 0 Å². The first-order valence-electron chi connectivity index (χ1n) is 12.1. The van der Waals surface area contributed by atoms with Gasteiger partial charge >= 0.3 is 0 Å². The van der Waals surface area contributed by atoms with Crippen molar-refractivity contribution in [3.05, 3.63) is 41.5 Å². The topological polar surface area (TPSA) is 113 Å². The smallest absolute Gasteiger partial charge is 0.231 e. The number of ketones is 2. The summed E-state index contributed by atoms with van der Waals surface area (Å²) in [7, 11) is 0. The number of aliphatic hydroxyl groups is 2. The Kier molecular flexibility index (Phi) is 5.04. The van der Waals surface area contributed by atoms with Gasteiger partial charge in [-0.25, -0.2) is 0 Å². The van der Waals surface area contributed by atoms with Crippen molar-refractivity contribution in [2.24, 2.45) is 16.7 Å². The highest BCUT2D eigenvalue weighted by Gasteiger charge is 2.70. The maximum absolute atomic E-state index is 13.9. The van der Waals surface area contributed by atoms with Gasteiger partial charge in [0, 0.05) is 17.4 Å². The number of hydrogen-bond donors (Lipinski definition) is 3. The molecule has 182 valence electrons. The molecule has 2 aliphatic heterocycles. The van der Waals surface area contributed by atoms with Crippen molar-refractivity contribution >= 4 is 23.2 Å². The first-order chi connectivity index (χ1) is 15.8. The minimum atomic E-state index is -1.44. The summed E-state index contributed by atoms with van der Waals surface area (Å²) in [4.78, 5) is 40.0. The number of rotatable bonds is 1. The quantitative estimate of drug-likeness (QED) is 0.585. The molecule has 1 aromatic rings. The average Bonchev–Trinajstić information content (AvgIpc) is 2.76. The van der Waals surface area contributed by atoms with E-state index in [9.17, 15) is 24.6 Å². The molecule has 5 rings (SSSR count). The highest BCUT2D eigenvalue weighted by molar-refractivity contribution is 6.08. The number of Topliss-reactive ketones (excluding diaryl/α,β-unsaturated/α-hetero) is 1. The Morgan fingerprint density at radius 2 is 1.79 bits per heavy atom. The number of carbonyl (C=O) groups excluding carboxylic acids is 3. The molecule has 2 fully saturated rings. The lowest BCUT2D eigenvalue weighted by atomic mass is 9.41. The van der Waals surface area contributed by atoms with E-state index in [0.717, 1.165) is 0 Å². The molecule has 7 nitrogen and oxygen atoms in total. The first kappa shape index (κ1) is 23.4. The third-order valence-electron chi connectivity index (χ3n) is 9.34. The lowest BCUT2D eigenvalue weighted by Gasteiger charge is -2.65. The van der Waals surface area contributed by atoms with E-state index >= 15 is 0 Å². The molecule has 1 amide bonds. The van der Waals surface area contributed by atoms with Crippen LogP contribution in [-0.4, -0.2) is 51.1 Å². The maximum atomic E-state index is 13.9. The second kappa shape index (κ2) is 7.33. The van der Waals surface area contributed by atoms with Crippen molar-refractivity contribution in [1.82, 2.24) is 0 Å². The Hall–Kier alpha value is -2.35. The highest BCUT2D eigenvalue weighted by atomic mass is 16.5. The van der Waals surface area contributed by atoms with Crippen molar-refractivity contribution in [3.8, 4) is 0 Å². The van der Waals surface area contributed by atoms with E-state index in [1.807, 2.05) is 13.8 Å². The molecule has 6 unspecified atom stereocenters. The van der Waals surface area contributed by atoms with E-state index in [-0.39, 0.29) is 29.8 Å². The van der Waals surface area contributed by atoms with Crippen molar-refractivity contribution in [2.45, 2.75) is 83.2 Å². The van der Waals surface area contributed by atoms with Gasteiger partial charge in [0.05, 0.1) is 28.4 Å². The van der Waals surface area contributed by atoms with Crippen molar-refractivity contribution < 1.29 is 29.3 Å². The zero-order chi connectivity index (χ0) is 24.7. The van der Waals surface area contributed by atoms with Gasteiger partial charge in [-0.05, 0) is 76.2 Å². The fraction of sp³-hybridized carbons (Fsp3) is 0.593. The molecular weight excluding hydrogens is 434 g/mol. The number of nitrogens with one attached hydrogen (secondary N) is 1. The fourth-order valence-corrected chi connectivity index (χ4v) is 7.09. The molecule has 0 saturated heterocycles. The number of benzene rings is 1. The second-order valence-electron chi connectivity index (χ2n) is 11.5. The molecular formula is C27H33NO6. The van der Waals surface area contributed by atoms with Crippen LogP contribution in [0.1, 0.15) is 70.2 Å². The van der Waals surface area contributed by atoms with E-state index in [1.165, 1.54) is 19.9 Å². The lowest BCUT2D eigenvalue weighted by Crippen LogP contribution is -2.70. The summed E-state index contributed by atoms with van der Waals surface area (Å²) in [5, 5.41) is 25.7. The summed E-state index contributed by atoms with van der Waals surface area (Å²) < 4.78 is 6.05. The van der Waals surface area contributed by atoms with Gasteiger partial charge in [-0.3, -0.25) is 14.4 Å². The molecule has 1 aromatic carbocycles. The Bertz CT molecular complexity index is 1120. The fourth-order valence-electron chi connectivity index (χ4n) is 7.09. The monoisotopic (exact) mass is 467 g/mol. The largest absolute Gasteiger partial charge is 0.387 e. The average molecular weight is 468 g/mol. The van der Waals surface area contributed by atoms with Crippen LogP contribution >= 0.6 is 0 Å². The number of amides is 1. The third kappa shape index (κ3) is 2.96. The minimum Gasteiger partial charge on any atom is -0.387 e. The van der Waals surface area contributed by atoms with Crippen LogP contribution in [0.2, 0.25) is 0 Å². The van der Waals surface area contributed by atoms with Crippen LogP contribution in [0.5, 0.6) is 0 Å². The van der Waals surface area contributed by atoms with E-state index < -0.39 is 34.2 Å². The van der Waals surface area contributed by atoms with Crippen LogP contribution in [-0.2, 0) is 14.3 Å². The van der Waals surface area contributed by atoms with Gasteiger partial charge in [0.1, 0.15) is 6.10 Å². The van der Waals surface area contributed by atoms with Gasteiger partial charge in [-0.15, -0.1) is 0 Å². The first-order valence-corrected chi connectivity index (χ1v) is 12.1. The summed E-state index contributed by atoms with van der Waals surface area (Å²) in [6, 6.07) is 7.05. The van der Waals surface area contributed by atoms with Crippen LogP contribution in [0.3, 0.4) is 0 Å². The summed E-state index contributed by atoms with van der Waals surface area (Å²) in [5.74, 6) is -0.859. The number of carbonyl (C=O) groups is 3. The van der Waals surface area contributed by atoms with Gasteiger partial charge in [-0.2, -0.15) is 0 Å². The molecule has 34 heavy (non-hydrogen) atoms. The molecule has 0 bridgehead atoms. The number of anilines is 1. The maximum Gasteiger partial charge on any atom is 0.231 e. The van der Waals surface area contributed by atoms with E-state index in [4.69, 9.17) is 4.74 Å². The van der Waals surface area contributed by atoms with E-state index in [1.54, 1.807) is 24.3 Å². The van der Waals surface area contributed by atoms with Crippen LogP contribution in [0.15, 0.2) is 35.9 Å². The summed E-state index contributed by atoms with van der Waals surface area (Å²) in [6.45, 7) is 6.86.